The first-order valence-electron chi connectivity index (χ1n) is 6.14. The minimum atomic E-state index is -0.729. The summed E-state index contributed by atoms with van der Waals surface area (Å²) in [5, 5.41) is 2.45. The molecule has 1 amide bonds. The fraction of sp³-hybridized carbons (Fsp3) is 0.133. The van der Waals surface area contributed by atoms with Gasteiger partial charge in [0.25, 0.3) is 0 Å². The molecule has 0 spiro atoms. The Bertz CT molecular complexity index is 609. The van der Waals surface area contributed by atoms with Gasteiger partial charge in [-0.1, -0.05) is 18.2 Å². The van der Waals surface area contributed by atoms with Crippen LogP contribution in [0.2, 0.25) is 0 Å². The number of nitrogen functional groups attached to an aromatic ring is 1. The monoisotopic (exact) mass is 276 g/mol. The molecule has 0 aromatic heterocycles. The number of hydrogen-bond acceptors (Lipinski definition) is 2. The number of benzene rings is 2. The molecule has 0 unspecified atom stereocenters. The molecule has 0 heterocycles. The molecule has 104 valence electrons. The molecule has 0 saturated carbocycles. The predicted octanol–water partition coefficient (Wildman–Crippen LogP) is 3.12. The molecule has 0 saturated heterocycles. The lowest BCUT2D eigenvalue weighted by Gasteiger charge is -2.07. The minimum Gasteiger partial charge on any atom is -0.399 e. The van der Waals surface area contributed by atoms with Crippen LogP contribution in [0.5, 0.6) is 0 Å². The van der Waals surface area contributed by atoms with Gasteiger partial charge in [0.05, 0.1) is 0 Å². The first-order valence-corrected chi connectivity index (χ1v) is 6.14. The van der Waals surface area contributed by atoms with Gasteiger partial charge in [-0.05, 0) is 30.2 Å². The molecule has 0 aliphatic rings. The Morgan fingerprint density at radius 1 is 1.10 bits per heavy atom. The molecule has 3 nitrogen and oxygen atoms in total. The highest BCUT2D eigenvalue weighted by Gasteiger charge is 2.07. The first kappa shape index (κ1) is 14.0. The van der Waals surface area contributed by atoms with Gasteiger partial charge in [-0.3, -0.25) is 4.79 Å². The maximum absolute atomic E-state index is 13.0. The summed E-state index contributed by atoms with van der Waals surface area (Å²) < 4.78 is 25.9. The van der Waals surface area contributed by atoms with Crippen molar-refractivity contribution in [1.82, 2.24) is 0 Å². The number of hydrogen-bond donors (Lipinski definition) is 2. The van der Waals surface area contributed by atoms with Crippen molar-refractivity contribution in [3.63, 3.8) is 0 Å². The van der Waals surface area contributed by atoms with Crippen LogP contribution in [0.1, 0.15) is 12.0 Å². The number of amides is 1. The van der Waals surface area contributed by atoms with E-state index in [1.165, 1.54) is 0 Å². The lowest BCUT2D eigenvalue weighted by atomic mass is 10.1. The third kappa shape index (κ3) is 3.78. The second kappa shape index (κ2) is 6.14. The van der Waals surface area contributed by atoms with Crippen molar-refractivity contribution < 1.29 is 13.6 Å². The van der Waals surface area contributed by atoms with E-state index in [-0.39, 0.29) is 18.0 Å². The molecule has 2 aromatic rings. The molecule has 0 aliphatic heterocycles. The Labute approximate surface area is 115 Å². The number of anilines is 2. The number of rotatable bonds is 4. The Morgan fingerprint density at radius 3 is 2.40 bits per heavy atom. The summed E-state index contributed by atoms with van der Waals surface area (Å²) >= 11 is 0. The Balaban J connectivity index is 1.94. The van der Waals surface area contributed by atoms with Crippen LogP contribution in [-0.2, 0) is 11.2 Å². The number of nitrogens with one attached hydrogen (secondary N) is 1. The quantitative estimate of drug-likeness (QED) is 0.843. The van der Waals surface area contributed by atoms with E-state index in [9.17, 15) is 13.6 Å². The fourth-order valence-electron chi connectivity index (χ4n) is 1.86. The minimum absolute atomic E-state index is 0.105. The summed E-state index contributed by atoms with van der Waals surface area (Å²) in [5.74, 6) is -1.78. The van der Waals surface area contributed by atoms with Gasteiger partial charge in [-0.15, -0.1) is 0 Å². The molecule has 0 aliphatic carbocycles. The van der Waals surface area contributed by atoms with Gasteiger partial charge in [-0.25, -0.2) is 8.78 Å². The fourth-order valence-corrected chi connectivity index (χ4v) is 1.86. The van der Waals surface area contributed by atoms with Gasteiger partial charge in [0, 0.05) is 23.9 Å². The Morgan fingerprint density at radius 2 is 1.75 bits per heavy atom. The van der Waals surface area contributed by atoms with Crippen molar-refractivity contribution in [3.8, 4) is 0 Å². The zero-order valence-corrected chi connectivity index (χ0v) is 10.7. The molecule has 0 fully saturated rings. The molecule has 3 N–H and O–H groups in total. The summed E-state index contributed by atoms with van der Waals surface area (Å²) in [7, 11) is 0. The summed E-state index contributed by atoms with van der Waals surface area (Å²) in [4.78, 5) is 11.7. The largest absolute Gasteiger partial charge is 0.399 e. The van der Waals surface area contributed by atoms with Crippen molar-refractivity contribution in [2.45, 2.75) is 12.8 Å². The van der Waals surface area contributed by atoms with Gasteiger partial charge in [0.1, 0.15) is 11.6 Å². The number of carbonyl (C=O) groups is 1. The Hall–Kier alpha value is -2.43. The lowest BCUT2D eigenvalue weighted by molar-refractivity contribution is -0.116. The average Bonchev–Trinajstić information content (AvgIpc) is 2.36. The number of nitrogens with two attached hydrogens (primary N) is 1. The van der Waals surface area contributed by atoms with Gasteiger partial charge in [-0.2, -0.15) is 0 Å². The highest BCUT2D eigenvalue weighted by atomic mass is 19.1. The van der Waals surface area contributed by atoms with Crippen molar-refractivity contribution in [2.75, 3.05) is 11.1 Å². The van der Waals surface area contributed by atoms with E-state index in [4.69, 9.17) is 5.73 Å². The maximum atomic E-state index is 13.0. The number of aryl methyl sites for hydroxylation is 1. The zero-order chi connectivity index (χ0) is 14.5. The van der Waals surface area contributed by atoms with Crippen LogP contribution < -0.4 is 11.1 Å². The highest BCUT2D eigenvalue weighted by molar-refractivity contribution is 5.90. The molecule has 2 rings (SSSR count). The second-order valence-corrected chi connectivity index (χ2v) is 4.41. The van der Waals surface area contributed by atoms with Crippen LogP contribution in [0.3, 0.4) is 0 Å². The number of para-hydroxylation sites is 1. The van der Waals surface area contributed by atoms with E-state index in [2.05, 4.69) is 5.32 Å². The zero-order valence-electron chi connectivity index (χ0n) is 10.7. The van der Waals surface area contributed by atoms with E-state index in [0.29, 0.717) is 12.1 Å². The normalized spacial score (nSPS) is 10.3. The van der Waals surface area contributed by atoms with Crippen LogP contribution in [0.4, 0.5) is 20.2 Å². The Kier molecular flexibility index (Phi) is 4.30. The van der Waals surface area contributed by atoms with Gasteiger partial charge in [0.2, 0.25) is 5.91 Å². The topological polar surface area (TPSA) is 55.1 Å². The predicted molar refractivity (Wildman–Crippen MR) is 74.2 cm³/mol. The second-order valence-electron chi connectivity index (χ2n) is 4.41. The maximum Gasteiger partial charge on any atom is 0.224 e. The van der Waals surface area contributed by atoms with Crippen molar-refractivity contribution in [1.29, 1.82) is 0 Å². The van der Waals surface area contributed by atoms with Crippen molar-refractivity contribution in [2.24, 2.45) is 0 Å². The smallest absolute Gasteiger partial charge is 0.224 e. The standard InChI is InChI=1S/C15H14F2N2O/c16-11-7-12(17)9-13(8-11)19-15(20)6-5-10-3-1-2-4-14(10)18/h1-4,7-9H,5-6,18H2,(H,19,20). The highest BCUT2D eigenvalue weighted by Crippen LogP contribution is 2.15. The van der Waals surface area contributed by atoms with Crippen LogP contribution in [0.25, 0.3) is 0 Å². The average molecular weight is 276 g/mol. The summed E-state index contributed by atoms with van der Waals surface area (Å²) in [6.45, 7) is 0. The van der Waals surface area contributed by atoms with E-state index in [0.717, 1.165) is 23.8 Å². The SMILES string of the molecule is Nc1ccccc1CCC(=O)Nc1cc(F)cc(F)c1. The van der Waals surface area contributed by atoms with E-state index < -0.39 is 11.6 Å². The van der Waals surface area contributed by atoms with Gasteiger partial charge < -0.3 is 11.1 Å². The molecule has 0 radical (unpaired) electrons. The van der Waals surface area contributed by atoms with Crippen LogP contribution in [-0.4, -0.2) is 5.91 Å². The van der Waals surface area contributed by atoms with Crippen molar-refractivity contribution in [3.05, 3.63) is 59.7 Å². The van der Waals surface area contributed by atoms with Crippen LogP contribution >= 0.6 is 0 Å². The molecular formula is C15H14F2N2O. The summed E-state index contributed by atoms with van der Waals surface area (Å²) in [5.41, 5.74) is 7.36. The van der Waals surface area contributed by atoms with E-state index in [1.807, 2.05) is 18.2 Å². The summed E-state index contributed by atoms with van der Waals surface area (Å²) in [6, 6.07) is 10.1. The first-order chi connectivity index (χ1) is 9.54. The lowest BCUT2D eigenvalue weighted by Crippen LogP contribution is -2.13. The third-order valence-corrected chi connectivity index (χ3v) is 2.82. The van der Waals surface area contributed by atoms with E-state index >= 15 is 0 Å². The van der Waals surface area contributed by atoms with Crippen molar-refractivity contribution >= 4 is 17.3 Å². The molecule has 0 atom stereocenters. The molecule has 20 heavy (non-hydrogen) atoms. The van der Waals surface area contributed by atoms with Gasteiger partial charge >= 0.3 is 0 Å². The van der Waals surface area contributed by atoms with E-state index in [1.54, 1.807) is 6.07 Å². The number of halogens is 2. The van der Waals surface area contributed by atoms with Gasteiger partial charge in [0.15, 0.2) is 0 Å². The van der Waals surface area contributed by atoms with Crippen LogP contribution in [0, 0.1) is 11.6 Å². The summed E-state index contributed by atoms with van der Waals surface area (Å²) in [6.07, 6.45) is 0.655. The van der Waals surface area contributed by atoms with Crippen LogP contribution in [0.15, 0.2) is 42.5 Å². The number of carbonyl (C=O) groups excluding carboxylic acids is 1. The molecule has 0 bridgehead atoms. The third-order valence-electron chi connectivity index (χ3n) is 2.82. The molecular weight excluding hydrogens is 262 g/mol. The molecule has 5 heteroatoms. The molecule has 2 aromatic carbocycles.